The van der Waals surface area contributed by atoms with Crippen molar-refractivity contribution in [2.24, 2.45) is 5.92 Å². The molecular formula is C15H21NO2S. The van der Waals surface area contributed by atoms with E-state index in [1.54, 1.807) is 11.8 Å². The Balaban J connectivity index is 1.77. The van der Waals surface area contributed by atoms with Crippen molar-refractivity contribution in [3.63, 3.8) is 0 Å². The molecule has 1 aliphatic rings. The molecule has 19 heavy (non-hydrogen) atoms. The van der Waals surface area contributed by atoms with E-state index in [2.05, 4.69) is 23.5 Å². The normalized spacial score (nSPS) is 15.1. The van der Waals surface area contributed by atoms with Crippen LogP contribution in [0.3, 0.4) is 0 Å². The van der Waals surface area contributed by atoms with Crippen molar-refractivity contribution in [1.82, 2.24) is 5.32 Å². The molecule has 4 heteroatoms. The molecule has 0 heterocycles. The molecule has 104 valence electrons. The number of hydrogen-bond donors (Lipinski definition) is 2. The fourth-order valence-corrected chi connectivity index (χ4v) is 2.98. The highest BCUT2D eigenvalue weighted by Crippen LogP contribution is 2.27. The highest BCUT2D eigenvalue weighted by atomic mass is 32.2. The number of fused-ring (bicyclic) bond motifs is 1. The van der Waals surface area contributed by atoms with Crippen LogP contribution in [-0.4, -0.2) is 29.9 Å². The summed E-state index contributed by atoms with van der Waals surface area (Å²) in [5.74, 6) is 0.594. The van der Waals surface area contributed by atoms with E-state index in [0.29, 0.717) is 12.3 Å². The second-order valence-corrected chi connectivity index (χ2v) is 6.21. The molecule has 0 saturated heterocycles. The summed E-state index contributed by atoms with van der Waals surface area (Å²) < 4.78 is 0. The van der Waals surface area contributed by atoms with Gasteiger partial charge in [-0.3, -0.25) is 4.79 Å². The number of aliphatic hydroxyl groups excluding tert-OH is 1. The Morgan fingerprint density at radius 3 is 3.00 bits per heavy atom. The molecule has 3 nitrogen and oxygen atoms in total. The molecule has 0 aliphatic heterocycles. The molecule has 1 aromatic carbocycles. The minimum Gasteiger partial charge on any atom is -0.396 e. The van der Waals surface area contributed by atoms with Gasteiger partial charge >= 0.3 is 0 Å². The van der Waals surface area contributed by atoms with Gasteiger partial charge < -0.3 is 10.4 Å². The van der Waals surface area contributed by atoms with Crippen LogP contribution in [0.1, 0.15) is 24.5 Å². The molecule has 1 atom stereocenters. The number of nitrogens with one attached hydrogen (secondary N) is 1. The lowest BCUT2D eigenvalue weighted by atomic mass is 10.1. The molecule has 2 rings (SSSR count). The fourth-order valence-electron chi connectivity index (χ4n) is 2.19. The van der Waals surface area contributed by atoms with Gasteiger partial charge in [0, 0.05) is 18.0 Å². The van der Waals surface area contributed by atoms with E-state index in [-0.39, 0.29) is 18.4 Å². The zero-order valence-corrected chi connectivity index (χ0v) is 12.1. The third kappa shape index (κ3) is 4.25. The van der Waals surface area contributed by atoms with E-state index >= 15 is 0 Å². The number of hydrogen-bond acceptors (Lipinski definition) is 3. The van der Waals surface area contributed by atoms with E-state index in [0.717, 1.165) is 0 Å². The number of amides is 1. The summed E-state index contributed by atoms with van der Waals surface area (Å²) in [6.07, 6.45) is 3.62. The minimum atomic E-state index is 0.0331. The topological polar surface area (TPSA) is 49.3 Å². The van der Waals surface area contributed by atoms with Gasteiger partial charge in [0.05, 0.1) is 5.75 Å². The van der Waals surface area contributed by atoms with Crippen LogP contribution >= 0.6 is 11.8 Å². The fraction of sp³-hybridized carbons (Fsp3) is 0.533. The van der Waals surface area contributed by atoms with Gasteiger partial charge in [0.1, 0.15) is 0 Å². The molecule has 1 amide bonds. The first-order chi connectivity index (χ1) is 9.19. The van der Waals surface area contributed by atoms with Gasteiger partial charge in [0.25, 0.3) is 0 Å². The number of thioether (sulfide) groups is 1. The Labute approximate surface area is 118 Å². The Bertz CT molecular complexity index is 448. The first-order valence-corrected chi connectivity index (χ1v) is 7.79. The average Bonchev–Trinajstić information content (AvgIpc) is 2.89. The van der Waals surface area contributed by atoms with Gasteiger partial charge in [-0.25, -0.2) is 0 Å². The maximum atomic E-state index is 11.7. The summed E-state index contributed by atoms with van der Waals surface area (Å²) in [5.41, 5.74) is 2.91. The zero-order valence-electron chi connectivity index (χ0n) is 11.3. The van der Waals surface area contributed by atoms with Crippen LogP contribution in [0.15, 0.2) is 23.1 Å². The lowest BCUT2D eigenvalue weighted by Gasteiger charge is -2.09. The van der Waals surface area contributed by atoms with Crippen molar-refractivity contribution in [3.8, 4) is 0 Å². The van der Waals surface area contributed by atoms with Crippen LogP contribution < -0.4 is 5.32 Å². The molecule has 1 aliphatic carbocycles. The van der Waals surface area contributed by atoms with Crippen molar-refractivity contribution in [2.75, 3.05) is 18.9 Å². The number of carbonyl (C=O) groups excluding carboxylic acids is 1. The zero-order chi connectivity index (χ0) is 13.7. The molecule has 0 aromatic heterocycles. The number of aliphatic hydroxyl groups is 1. The second kappa shape index (κ2) is 6.96. The van der Waals surface area contributed by atoms with Gasteiger partial charge in [-0.2, -0.15) is 0 Å². The smallest absolute Gasteiger partial charge is 0.230 e. The van der Waals surface area contributed by atoms with Gasteiger partial charge in [-0.15, -0.1) is 11.8 Å². The van der Waals surface area contributed by atoms with Crippen LogP contribution in [0.4, 0.5) is 0 Å². The first-order valence-electron chi connectivity index (χ1n) is 6.81. The number of aryl methyl sites for hydroxylation is 2. The highest BCUT2D eigenvalue weighted by molar-refractivity contribution is 8.00. The van der Waals surface area contributed by atoms with Crippen LogP contribution in [0.5, 0.6) is 0 Å². The van der Waals surface area contributed by atoms with Crippen molar-refractivity contribution in [3.05, 3.63) is 29.3 Å². The molecule has 0 saturated carbocycles. The van der Waals surface area contributed by atoms with E-state index in [1.807, 2.05) is 6.92 Å². The SMILES string of the molecule is CC(CO)CNC(=O)CSc1ccc2c(c1)CCC2. The van der Waals surface area contributed by atoms with Crippen LogP contribution in [-0.2, 0) is 17.6 Å². The molecule has 1 unspecified atom stereocenters. The monoisotopic (exact) mass is 279 g/mol. The summed E-state index contributed by atoms with van der Waals surface area (Å²) in [6, 6.07) is 6.52. The Kier molecular flexibility index (Phi) is 5.28. The third-order valence-corrected chi connectivity index (χ3v) is 4.39. The first kappa shape index (κ1) is 14.4. The van der Waals surface area contributed by atoms with Gasteiger partial charge in [0.2, 0.25) is 5.91 Å². The van der Waals surface area contributed by atoms with Crippen LogP contribution in [0.2, 0.25) is 0 Å². The average molecular weight is 279 g/mol. The van der Waals surface area contributed by atoms with Gasteiger partial charge in [-0.05, 0) is 48.4 Å². The molecule has 1 aromatic rings. The largest absolute Gasteiger partial charge is 0.396 e. The summed E-state index contributed by atoms with van der Waals surface area (Å²) in [6.45, 7) is 2.56. The molecule has 2 N–H and O–H groups in total. The van der Waals surface area contributed by atoms with Crippen LogP contribution in [0.25, 0.3) is 0 Å². The van der Waals surface area contributed by atoms with Crippen molar-refractivity contribution < 1.29 is 9.90 Å². The Morgan fingerprint density at radius 2 is 2.21 bits per heavy atom. The highest BCUT2D eigenvalue weighted by Gasteiger charge is 2.11. The Morgan fingerprint density at radius 1 is 1.42 bits per heavy atom. The standard InChI is InChI=1S/C15H21NO2S/c1-11(9-17)8-16-15(18)10-19-14-6-5-12-3-2-4-13(12)7-14/h5-7,11,17H,2-4,8-10H2,1H3,(H,16,18). The van der Waals surface area contributed by atoms with E-state index in [4.69, 9.17) is 5.11 Å². The minimum absolute atomic E-state index is 0.0331. The molecule has 0 fully saturated rings. The van der Waals surface area contributed by atoms with Crippen molar-refractivity contribution in [1.29, 1.82) is 0 Å². The number of benzene rings is 1. The molecule has 0 spiro atoms. The van der Waals surface area contributed by atoms with Crippen molar-refractivity contribution in [2.45, 2.75) is 31.1 Å². The summed E-state index contributed by atoms with van der Waals surface area (Å²) in [5, 5.41) is 11.7. The van der Waals surface area contributed by atoms with Crippen LogP contribution in [0, 0.1) is 5.92 Å². The number of carbonyl (C=O) groups is 1. The molecule has 0 bridgehead atoms. The summed E-state index contributed by atoms with van der Waals surface area (Å²) >= 11 is 1.58. The Hall–Kier alpha value is -1.00. The quantitative estimate of drug-likeness (QED) is 0.783. The molecule has 0 radical (unpaired) electrons. The summed E-state index contributed by atoms with van der Waals surface area (Å²) in [4.78, 5) is 12.8. The number of rotatable bonds is 6. The predicted octanol–water partition coefficient (Wildman–Crippen LogP) is 2.01. The second-order valence-electron chi connectivity index (χ2n) is 5.16. The van der Waals surface area contributed by atoms with Crippen molar-refractivity contribution >= 4 is 17.7 Å². The maximum absolute atomic E-state index is 11.7. The third-order valence-electron chi connectivity index (χ3n) is 3.40. The van der Waals surface area contributed by atoms with E-state index < -0.39 is 0 Å². The van der Waals surface area contributed by atoms with Gasteiger partial charge in [0.15, 0.2) is 0 Å². The summed E-state index contributed by atoms with van der Waals surface area (Å²) in [7, 11) is 0. The van der Waals surface area contributed by atoms with E-state index in [1.165, 1.54) is 35.3 Å². The lowest BCUT2D eigenvalue weighted by molar-refractivity contribution is -0.118. The maximum Gasteiger partial charge on any atom is 0.230 e. The predicted molar refractivity (Wildman–Crippen MR) is 78.5 cm³/mol. The van der Waals surface area contributed by atoms with E-state index in [9.17, 15) is 4.79 Å². The molecular weight excluding hydrogens is 258 g/mol. The lowest BCUT2D eigenvalue weighted by Crippen LogP contribution is -2.30. The van der Waals surface area contributed by atoms with Gasteiger partial charge in [-0.1, -0.05) is 13.0 Å².